The number of sulfonamides is 1. The molecule has 1 aliphatic heterocycles. The quantitative estimate of drug-likeness (QED) is 0.846. The summed E-state index contributed by atoms with van der Waals surface area (Å²) in [6.45, 7) is 2.85. The third-order valence-electron chi connectivity index (χ3n) is 3.94. The molecule has 1 fully saturated rings. The minimum atomic E-state index is -3.55. The van der Waals surface area contributed by atoms with Gasteiger partial charge >= 0.3 is 0 Å². The van der Waals surface area contributed by atoms with E-state index in [1.807, 2.05) is 6.92 Å². The van der Waals surface area contributed by atoms with Crippen LogP contribution in [0.5, 0.6) is 0 Å². The van der Waals surface area contributed by atoms with Gasteiger partial charge in [-0.05, 0) is 49.9 Å². The second-order valence-corrected chi connectivity index (χ2v) is 7.45. The first-order chi connectivity index (χ1) is 9.82. The first-order valence-corrected chi connectivity index (χ1v) is 8.42. The fourth-order valence-electron chi connectivity index (χ4n) is 2.56. The molecular weight excluding hydrogens is 290 g/mol. The number of benzene rings is 1. The maximum atomic E-state index is 12.6. The van der Waals surface area contributed by atoms with Crippen LogP contribution < -0.4 is 11.5 Å². The van der Waals surface area contributed by atoms with E-state index in [0.717, 1.165) is 12.8 Å². The molecule has 1 heterocycles. The van der Waals surface area contributed by atoms with Gasteiger partial charge in [-0.2, -0.15) is 4.31 Å². The van der Waals surface area contributed by atoms with E-state index >= 15 is 0 Å². The summed E-state index contributed by atoms with van der Waals surface area (Å²) in [4.78, 5) is 11.2. The van der Waals surface area contributed by atoms with Crippen LogP contribution in [0.4, 0.5) is 0 Å². The molecule has 1 aliphatic rings. The fraction of sp³-hybridized carbons (Fsp3) is 0.500. The molecule has 0 bridgehead atoms. The Labute approximate surface area is 125 Å². The molecule has 2 atom stereocenters. The molecule has 116 valence electrons. The van der Waals surface area contributed by atoms with Crippen LogP contribution in [0.25, 0.3) is 0 Å². The van der Waals surface area contributed by atoms with Gasteiger partial charge in [-0.1, -0.05) is 0 Å². The van der Waals surface area contributed by atoms with Gasteiger partial charge in [-0.25, -0.2) is 8.42 Å². The van der Waals surface area contributed by atoms with Gasteiger partial charge in [-0.15, -0.1) is 0 Å². The van der Waals surface area contributed by atoms with E-state index in [-0.39, 0.29) is 16.9 Å². The second kappa shape index (κ2) is 6.13. The van der Waals surface area contributed by atoms with Gasteiger partial charge in [0, 0.05) is 24.7 Å². The monoisotopic (exact) mass is 311 g/mol. The number of nitrogens with zero attached hydrogens (tertiary/aromatic N) is 1. The molecule has 0 saturated carbocycles. The van der Waals surface area contributed by atoms with Crippen molar-refractivity contribution in [3.05, 3.63) is 29.8 Å². The van der Waals surface area contributed by atoms with Crippen molar-refractivity contribution in [2.24, 2.45) is 17.4 Å². The van der Waals surface area contributed by atoms with Crippen molar-refractivity contribution in [2.45, 2.75) is 30.7 Å². The Hall–Kier alpha value is -1.44. The van der Waals surface area contributed by atoms with Gasteiger partial charge in [0.25, 0.3) is 0 Å². The third-order valence-corrected chi connectivity index (χ3v) is 5.82. The van der Waals surface area contributed by atoms with Crippen molar-refractivity contribution < 1.29 is 13.2 Å². The molecule has 2 rings (SSSR count). The predicted molar refractivity (Wildman–Crippen MR) is 80.1 cm³/mol. The number of carbonyl (C=O) groups excluding carboxylic acids is 1. The Balaban J connectivity index is 2.22. The minimum Gasteiger partial charge on any atom is -0.366 e. The summed E-state index contributed by atoms with van der Waals surface area (Å²) in [6.07, 6.45) is 1.76. The molecule has 2 unspecified atom stereocenters. The summed E-state index contributed by atoms with van der Waals surface area (Å²) in [5, 5.41) is 0. The second-order valence-electron chi connectivity index (χ2n) is 5.51. The molecule has 1 aromatic carbocycles. The van der Waals surface area contributed by atoms with Gasteiger partial charge in [-0.3, -0.25) is 4.79 Å². The zero-order valence-electron chi connectivity index (χ0n) is 12.0. The summed E-state index contributed by atoms with van der Waals surface area (Å²) < 4.78 is 26.7. The molecular formula is C14H21N3O3S. The largest absolute Gasteiger partial charge is 0.366 e. The van der Waals surface area contributed by atoms with Crippen LogP contribution in [-0.4, -0.2) is 37.8 Å². The number of amides is 1. The molecule has 1 amide bonds. The number of rotatable bonds is 4. The Kier molecular flexibility index (Phi) is 4.65. The number of nitrogens with two attached hydrogens (primary N) is 2. The average molecular weight is 311 g/mol. The predicted octanol–water partition coefficient (Wildman–Crippen LogP) is 0.533. The van der Waals surface area contributed by atoms with Crippen LogP contribution in [0.2, 0.25) is 0 Å². The van der Waals surface area contributed by atoms with E-state index in [4.69, 9.17) is 11.5 Å². The number of hydrogen-bond donors (Lipinski definition) is 2. The first kappa shape index (κ1) is 15.9. The van der Waals surface area contributed by atoms with Crippen molar-refractivity contribution in [1.82, 2.24) is 4.31 Å². The molecule has 21 heavy (non-hydrogen) atoms. The lowest BCUT2D eigenvalue weighted by molar-refractivity contribution is 0.1000. The van der Waals surface area contributed by atoms with E-state index in [9.17, 15) is 13.2 Å². The highest BCUT2D eigenvalue weighted by molar-refractivity contribution is 7.89. The molecule has 0 aromatic heterocycles. The van der Waals surface area contributed by atoms with Gasteiger partial charge in [0.15, 0.2) is 0 Å². The standard InChI is InChI=1S/C14H21N3O3S/c1-10(15)12-3-2-8-17(9-12)21(19,20)13-6-4-11(5-7-13)14(16)18/h4-7,10,12H,2-3,8-9,15H2,1H3,(H2,16,18). The number of primary amides is 1. The van der Waals surface area contributed by atoms with Crippen molar-refractivity contribution >= 4 is 15.9 Å². The van der Waals surface area contributed by atoms with Crippen LogP contribution in [0.3, 0.4) is 0 Å². The highest BCUT2D eigenvalue weighted by atomic mass is 32.2. The van der Waals surface area contributed by atoms with Gasteiger partial charge in [0.2, 0.25) is 15.9 Å². The maximum Gasteiger partial charge on any atom is 0.248 e. The van der Waals surface area contributed by atoms with Crippen LogP contribution in [0.1, 0.15) is 30.1 Å². The Bertz CT molecular complexity index is 611. The highest BCUT2D eigenvalue weighted by Crippen LogP contribution is 2.25. The Morgan fingerprint density at radius 2 is 1.95 bits per heavy atom. The molecule has 7 heteroatoms. The maximum absolute atomic E-state index is 12.6. The smallest absolute Gasteiger partial charge is 0.248 e. The van der Waals surface area contributed by atoms with Crippen LogP contribution >= 0.6 is 0 Å². The number of hydrogen-bond acceptors (Lipinski definition) is 4. The summed E-state index contributed by atoms with van der Waals surface area (Å²) in [5.74, 6) is -0.396. The summed E-state index contributed by atoms with van der Waals surface area (Å²) in [5.41, 5.74) is 11.3. The van der Waals surface area contributed by atoms with Crippen molar-refractivity contribution in [3.63, 3.8) is 0 Å². The molecule has 6 nitrogen and oxygen atoms in total. The first-order valence-electron chi connectivity index (χ1n) is 6.98. The lowest BCUT2D eigenvalue weighted by Gasteiger charge is -2.33. The van der Waals surface area contributed by atoms with E-state index in [2.05, 4.69) is 0 Å². The van der Waals surface area contributed by atoms with Gasteiger partial charge in [0.1, 0.15) is 0 Å². The Morgan fingerprint density at radius 3 is 2.48 bits per heavy atom. The third kappa shape index (κ3) is 3.42. The zero-order chi connectivity index (χ0) is 15.6. The van der Waals surface area contributed by atoms with Crippen LogP contribution in [0.15, 0.2) is 29.2 Å². The van der Waals surface area contributed by atoms with E-state index in [1.165, 1.54) is 28.6 Å². The van der Waals surface area contributed by atoms with Crippen LogP contribution in [-0.2, 0) is 10.0 Å². The summed E-state index contributed by atoms with van der Waals surface area (Å²) in [6, 6.07) is 5.68. The van der Waals surface area contributed by atoms with Crippen LogP contribution in [0, 0.1) is 5.92 Å². The SMILES string of the molecule is CC(N)C1CCCN(S(=O)(=O)c2ccc(C(N)=O)cc2)C1. The number of carbonyl (C=O) groups is 1. The number of piperidine rings is 1. The van der Waals surface area contributed by atoms with Gasteiger partial charge < -0.3 is 11.5 Å². The molecule has 1 aromatic rings. The average Bonchev–Trinajstić information content (AvgIpc) is 2.47. The van der Waals surface area contributed by atoms with Crippen molar-refractivity contribution in [2.75, 3.05) is 13.1 Å². The summed E-state index contributed by atoms with van der Waals surface area (Å²) >= 11 is 0. The zero-order valence-corrected chi connectivity index (χ0v) is 12.8. The minimum absolute atomic E-state index is 0.0276. The molecule has 0 spiro atoms. The fourth-order valence-corrected chi connectivity index (χ4v) is 4.10. The van der Waals surface area contributed by atoms with Gasteiger partial charge in [0.05, 0.1) is 4.90 Å². The Morgan fingerprint density at radius 1 is 1.33 bits per heavy atom. The van der Waals surface area contributed by atoms with Crippen molar-refractivity contribution in [1.29, 1.82) is 0 Å². The molecule has 1 saturated heterocycles. The highest BCUT2D eigenvalue weighted by Gasteiger charge is 2.31. The topological polar surface area (TPSA) is 106 Å². The lowest BCUT2D eigenvalue weighted by Crippen LogP contribution is -2.44. The molecule has 0 aliphatic carbocycles. The lowest BCUT2D eigenvalue weighted by atomic mass is 9.93. The van der Waals surface area contributed by atoms with E-state index < -0.39 is 15.9 Å². The van der Waals surface area contributed by atoms with Crippen molar-refractivity contribution in [3.8, 4) is 0 Å². The van der Waals surface area contributed by atoms with E-state index in [1.54, 1.807) is 0 Å². The molecule has 0 radical (unpaired) electrons. The van der Waals surface area contributed by atoms with E-state index in [0.29, 0.717) is 18.7 Å². The summed E-state index contributed by atoms with van der Waals surface area (Å²) in [7, 11) is -3.55. The normalized spacial score (nSPS) is 21.9. The molecule has 4 N–H and O–H groups in total.